The first-order valence-electron chi connectivity index (χ1n) is 7.78. The van der Waals surface area contributed by atoms with E-state index >= 15 is 0 Å². The minimum atomic E-state index is -0.107. The zero-order valence-electron chi connectivity index (χ0n) is 13.7. The summed E-state index contributed by atoms with van der Waals surface area (Å²) in [6.45, 7) is 6.11. The maximum Gasteiger partial charge on any atom is 0.233 e. The Labute approximate surface area is 147 Å². The van der Waals surface area contributed by atoms with Crippen molar-refractivity contribution in [3.8, 4) is 0 Å². The molecule has 0 spiro atoms. The van der Waals surface area contributed by atoms with E-state index in [1.54, 1.807) is 11.8 Å². The molecule has 0 saturated heterocycles. The van der Waals surface area contributed by atoms with Gasteiger partial charge in [-0.3, -0.25) is 4.79 Å². The van der Waals surface area contributed by atoms with Gasteiger partial charge < -0.3 is 5.32 Å². The molecule has 23 heavy (non-hydrogen) atoms. The second kappa shape index (κ2) is 8.42. The van der Waals surface area contributed by atoms with Gasteiger partial charge in [0, 0.05) is 9.92 Å². The molecule has 0 radical (unpaired) electrons. The Hall–Kier alpha value is -1.45. The highest BCUT2D eigenvalue weighted by Crippen LogP contribution is 2.27. The maximum atomic E-state index is 12.5. The molecular formula is C19H22ClNOS. The van der Waals surface area contributed by atoms with Crippen LogP contribution in [0.25, 0.3) is 0 Å². The van der Waals surface area contributed by atoms with Crippen molar-refractivity contribution in [2.24, 2.45) is 0 Å². The lowest BCUT2D eigenvalue weighted by atomic mass is 10.1. The van der Waals surface area contributed by atoms with Gasteiger partial charge in [-0.1, -0.05) is 48.4 Å². The van der Waals surface area contributed by atoms with Crippen LogP contribution in [-0.4, -0.2) is 11.2 Å². The first-order valence-corrected chi connectivity index (χ1v) is 9.04. The number of thioether (sulfide) groups is 1. The summed E-state index contributed by atoms with van der Waals surface area (Å²) in [7, 11) is 0. The molecule has 2 atom stereocenters. The molecule has 0 heterocycles. The Morgan fingerprint density at radius 3 is 2.30 bits per heavy atom. The smallest absolute Gasteiger partial charge is 0.233 e. The summed E-state index contributed by atoms with van der Waals surface area (Å²) in [6.07, 6.45) is 0.778. The van der Waals surface area contributed by atoms with E-state index in [0.29, 0.717) is 5.02 Å². The molecule has 2 rings (SSSR count). The number of rotatable bonds is 6. The molecule has 4 heteroatoms. The van der Waals surface area contributed by atoms with Crippen LogP contribution in [0.4, 0.5) is 0 Å². The van der Waals surface area contributed by atoms with Crippen molar-refractivity contribution < 1.29 is 4.79 Å². The standard InChI is InChI=1S/C19H22ClNOS/c1-4-18(23-17-11-9-16(20)10-12-17)19(22)21-14(3)15-7-5-13(2)6-8-15/h5-12,14,18H,4H2,1-3H3,(H,21,22). The topological polar surface area (TPSA) is 29.1 Å². The molecule has 0 saturated carbocycles. The van der Waals surface area contributed by atoms with Gasteiger partial charge in [0.15, 0.2) is 0 Å². The summed E-state index contributed by atoms with van der Waals surface area (Å²) in [6, 6.07) is 15.9. The first kappa shape index (κ1) is 17.9. The van der Waals surface area contributed by atoms with Crippen LogP contribution < -0.4 is 5.32 Å². The molecule has 0 fully saturated rings. The van der Waals surface area contributed by atoms with E-state index in [4.69, 9.17) is 11.6 Å². The average molecular weight is 348 g/mol. The van der Waals surface area contributed by atoms with Crippen LogP contribution in [0.3, 0.4) is 0 Å². The third-order valence-electron chi connectivity index (χ3n) is 3.69. The third kappa shape index (κ3) is 5.29. The van der Waals surface area contributed by atoms with E-state index in [2.05, 4.69) is 36.5 Å². The Kier molecular flexibility index (Phi) is 6.55. The highest BCUT2D eigenvalue weighted by Gasteiger charge is 2.20. The fourth-order valence-corrected chi connectivity index (χ4v) is 3.33. The van der Waals surface area contributed by atoms with Crippen LogP contribution in [0.5, 0.6) is 0 Å². The number of hydrogen-bond donors (Lipinski definition) is 1. The van der Waals surface area contributed by atoms with Crippen LogP contribution in [0.15, 0.2) is 53.4 Å². The van der Waals surface area contributed by atoms with Crippen LogP contribution in [0.2, 0.25) is 5.02 Å². The van der Waals surface area contributed by atoms with Crippen LogP contribution in [-0.2, 0) is 4.79 Å². The number of carbonyl (C=O) groups excluding carboxylic acids is 1. The summed E-state index contributed by atoms with van der Waals surface area (Å²) in [4.78, 5) is 13.6. The predicted molar refractivity (Wildman–Crippen MR) is 99.1 cm³/mol. The highest BCUT2D eigenvalue weighted by molar-refractivity contribution is 8.00. The second-order valence-electron chi connectivity index (χ2n) is 5.61. The average Bonchev–Trinajstić information content (AvgIpc) is 2.54. The molecule has 1 N–H and O–H groups in total. The van der Waals surface area contributed by atoms with Gasteiger partial charge >= 0.3 is 0 Å². The Balaban J connectivity index is 1.99. The zero-order valence-corrected chi connectivity index (χ0v) is 15.2. The van der Waals surface area contributed by atoms with Crippen LogP contribution in [0.1, 0.15) is 37.4 Å². The number of halogens is 1. The Morgan fingerprint density at radius 2 is 1.74 bits per heavy atom. The van der Waals surface area contributed by atoms with Crippen molar-refractivity contribution in [1.29, 1.82) is 0 Å². The molecule has 2 unspecified atom stereocenters. The lowest BCUT2D eigenvalue weighted by Gasteiger charge is -2.19. The monoisotopic (exact) mass is 347 g/mol. The van der Waals surface area contributed by atoms with Gasteiger partial charge in [-0.25, -0.2) is 0 Å². The summed E-state index contributed by atoms with van der Waals surface area (Å²) in [5.41, 5.74) is 2.34. The van der Waals surface area contributed by atoms with Gasteiger partial charge in [-0.05, 0) is 50.1 Å². The van der Waals surface area contributed by atoms with Crippen LogP contribution in [0, 0.1) is 6.92 Å². The molecule has 0 aliphatic carbocycles. The van der Waals surface area contributed by atoms with Crippen LogP contribution >= 0.6 is 23.4 Å². The molecule has 2 aromatic carbocycles. The molecule has 1 amide bonds. The Bertz CT molecular complexity index is 639. The number of hydrogen-bond acceptors (Lipinski definition) is 2. The molecular weight excluding hydrogens is 326 g/mol. The molecule has 0 aliphatic heterocycles. The van der Waals surface area contributed by atoms with E-state index in [0.717, 1.165) is 16.9 Å². The van der Waals surface area contributed by atoms with Crippen molar-refractivity contribution in [2.45, 2.75) is 43.4 Å². The fourth-order valence-electron chi connectivity index (χ4n) is 2.24. The summed E-state index contributed by atoms with van der Waals surface area (Å²) >= 11 is 7.48. The maximum absolute atomic E-state index is 12.5. The van der Waals surface area contributed by atoms with Crippen molar-refractivity contribution in [3.63, 3.8) is 0 Å². The van der Waals surface area contributed by atoms with E-state index in [-0.39, 0.29) is 17.2 Å². The third-order valence-corrected chi connectivity index (χ3v) is 5.32. The summed E-state index contributed by atoms with van der Waals surface area (Å²) < 4.78 is 0. The summed E-state index contributed by atoms with van der Waals surface area (Å²) in [5, 5.41) is 3.71. The van der Waals surface area contributed by atoms with Gasteiger partial charge in [0.2, 0.25) is 5.91 Å². The minimum absolute atomic E-state index is 0.00275. The number of nitrogens with one attached hydrogen (secondary N) is 1. The molecule has 0 aliphatic rings. The predicted octanol–water partition coefficient (Wildman–Crippen LogP) is 5.40. The largest absolute Gasteiger partial charge is 0.349 e. The van der Waals surface area contributed by atoms with Crippen molar-refractivity contribution in [3.05, 3.63) is 64.7 Å². The normalized spacial score (nSPS) is 13.4. The number of carbonyl (C=O) groups is 1. The molecule has 0 bridgehead atoms. The van der Waals surface area contributed by atoms with Crippen molar-refractivity contribution >= 4 is 29.3 Å². The van der Waals surface area contributed by atoms with E-state index < -0.39 is 0 Å². The number of aryl methyl sites for hydroxylation is 1. The SMILES string of the molecule is CCC(Sc1ccc(Cl)cc1)C(=O)NC(C)c1ccc(C)cc1. The van der Waals surface area contributed by atoms with Crippen molar-refractivity contribution in [2.75, 3.05) is 0 Å². The van der Waals surface area contributed by atoms with E-state index in [1.807, 2.05) is 38.1 Å². The molecule has 2 aromatic rings. The molecule has 122 valence electrons. The zero-order chi connectivity index (χ0) is 16.8. The number of amides is 1. The lowest BCUT2D eigenvalue weighted by molar-refractivity contribution is -0.121. The molecule has 0 aromatic heterocycles. The minimum Gasteiger partial charge on any atom is -0.349 e. The van der Waals surface area contributed by atoms with E-state index in [9.17, 15) is 4.79 Å². The summed E-state index contributed by atoms with van der Waals surface area (Å²) in [5.74, 6) is 0.0699. The van der Waals surface area contributed by atoms with Gasteiger partial charge in [0.25, 0.3) is 0 Å². The molecule has 2 nitrogen and oxygen atoms in total. The van der Waals surface area contributed by atoms with Gasteiger partial charge in [0.05, 0.1) is 11.3 Å². The van der Waals surface area contributed by atoms with Gasteiger partial charge in [0.1, 0.15) is 0 Å². The lowest BCUT2D eigenvalue weighted by Crippen LogP contribution is -2.34. The van der Waals surface area contributed by atoms with Gasteiger partial charge in [-0.15, -0.1) is 11.8 Å². The first-order chi connectivity index (χ1) is 11.0. The fraction of sp³-hybridized carbons (Fsp3) is 0.316. The van der Waals surface area contributed by atoms with Gasteiger partial charge in [-0.2, -0.15) is 0 Å². The Morgan fingerprint density at radius 1 is 1.13 bits per heavy atom. The van der Waals surface area contributed by atoms with Crippen molar-refractivity contribution in [1.82, 2.24) is 5.32 Å². The van der Waals surface area contributed by atoms with E-state index in [1.165, 1.54) is 5.56 Å². The highest BCUT2D eigenvalue weighted by atomic mass is 35.5. The second-order valence-corrected chi connectivity index (χ2v) is 7.32. The number of benzene rings is 2. The quantitative estimate of drug-likeness (QED) is 0.709.